The smallest absolute Gasteiger partial charge is 0.459 e. The minimum atomic E-state index is -4.33. The number of ether oxygens (including phenoxy) is 1. The van der Waals surface area contributed by atoms with Crippen molar-refractivity contribution in [2.24, 2.45) is 0 Å². The van der Waals surface area contributed by atoms with E-state index in [4.69, 9.17) is 19.5 Å². The third-order valence-corrected chi connectivity index (χ3v) is 8.05. The first-order valence-electron chi connectivity index (χ1n) is 12.6. The van der Waals surface area contributed by atoms with Crippen molar-refractivity contribution in [1.82, 2.24) is 24.6 Å². The summed E-state index contributed by atoms with van der Waals surface area (Å²) in [5.74, 6) is -0.752. The summed E-state index contributed by atoms with van der Waals surface area (Å²) < 4.78 is 47.6. The predicted molar refractivity (Wildman–Crippen MR) is 144 cm³/mol. The maximum Gasteiger partial charge on any atom is 0.459 e. The summed E-state index contributed by atoms with van der Waals surface area (Å²) in [5.41, 5.74) is 4.13. The van der Waals surface area contributed by atoms with Gasteiger partial charge in [-0.1, -0.05) is 25.1 Å². The SMILES string of the molecule is CCCN(C)c1nc(N)nc2c1ncn2[C@@H]1O[C@H](COP(=O)(N[C@@H](C)C(=O)O)Oc2ccccc2)[C@@H](O)[C@@]1(C)F. The number of rotatable bonds is 12. The molecule has 1 aromatic carbocycles. The lowest BCUT2D eigenvalue weighted by atomic mass is 9.98. The average Bonchev–Trinajstić information content (AvgIpc) is 3.40. The topological polar surface area (TPSA) is 187 Å². The third kappa shape index (κ3) is 6.03. The number of nitrogens with two attached hydrogens (primary N) is 1. The van der Waals surface area contributed by atoms with Gasteiger partial charge in [0.05, 0.1) is 12.9 Å². The van der Waals surface area contributed by atoms with Crippen molar-refractivity contribution in [3.05, 3.63) is 36.7 Å². The van der Waals surface area contributed by atoms with E-state index in [-0.39, 0.29) is 17.3 Å². The zero-order chi connectivity index (χ0) is 29.2. The summed E-state index contributed by atoms with van der Waals surface area (Å²) in [4.78, 5) is 26.1. The molecule has 0 aliphatic carbocycles. The van der Waals surface area contributed by atoms with Crippen LogP contribution in [0.4, 0.5) is 16.2 Å². The lowest BCUT2D eigenvalue weighted by Gasteiger charge is -2.25. The monoisotopic (exact) mass is 581 g/mol. The van der Waals surface area contributed by atoms with Crippen LogP contribution < -0.4 is 20.2 Å². The van der Waals surface area contributed by atoms with Gasteiger partial charge in [0, 0.05) is 13.6 Å². The van der Waals surface area contributed by atoms with E-state index in [9.17, 15) is 19.6 Å². The Labute approximate surface area is 229 Å². The van der Waals surface area contributed by atoms with Crippen LogP contribution in [0.25, 0.3) is 11.2 Å². The molecule has 4 rings (SSSR count). The molecule has 40 heavy (non-hydrogen) atoms. The number of nitrogens with zero attached hydrogens (tertiary/aromatic N) is 5. The summed E-state index contributed by atoms with van der Waals surface area (Å²) in [6, 6.07) is 6.65. The number of hydrogen-bond acceptors (Lipinski definition) is 11. The Kier molecular flexibility index (Phi) is 8.61. The number of aliphatic carboxylic acids is 1. The van der Waals surface area contributed by atoms with E-state index in [1.807, 2.05) is 18.9 Å². The molecule has 0 bridgehead atoms. The first-order valence-corrected chi connectivity index (χ1v) is 14.1. The van der Waals surface area contributed by atoms with Crippen LogP contribution in [0.1, 0.15) is 33.4 Å². The van der Waals surface area contributed by atoms with Crippen LogP contribution in [-0.2, 0) is 18.6 Å². The Hall–Kier alpha value is -3.36. The molecule has 0 spiro atoms. The minimum Gasteiger partial charge on any atom is -0.480 e. The summed E-state index contributed by atoms with van der Waals surface area (Å²) in [6.45, 7) is 4.47. The highest BCUT2D eigenvalue weighted by molar-refractivity contribution is 7.52. The molecule has 14 nitrogen and oxygen atoms in total. The van der Waals surface area contributed by atoms with E-state index in [1.54, 1.807) is 18.2 Å². The Morgan fingerprint density at radius 1 is 1.38 bits per heavy atom. The largest absolute Gasteiger partial charge is 0.480 e. The number of benzene rings is 1. The van der Waals surface area contributed by atoms with E-state index in [2.05, 4.69) is 20.0 Å². The van der Waals surface area contributed by atoms with Crippen LogP contribution in [-0.4, -0.2) is 79.8 Å². The fourth-order valence-electron chi connectivity index (χ4n) is 4.32. The summed E-state index contributed by atoms with van der Waals surface area (Å²) in [7, 11) is -2.51. The maximum atomic E-state index is 16.0. The lowest BCUT2D eigenvalue weighted by Crippen LogP contribution is -2.41. The number of nitrogens with one attached hydrogen (secondary N) is 1. The maximum absolute atomic E-state index is 16.0. The van der Waals surface area contributed by atoms with Gasteiger partial charge >= 0.3 is 13.7 Å². The van der Waals surface area contributed by atoms with Crippen LogP contribution in [0.2, 0.25) is 0 Å². The number of aromatic nitrogens is 4. The molecule has 218 valence electrons. The number of hydrogen-bond donors (Lipinski definition) is 4. The van der Waals surface area contributed by atoms with Crippen LogP contribution in [0, 0.1) is 0 Å². The fourth-order valence-corrected chi connectivity index (χ4v) is 5.83. The van der Waals surface area contributed by atoms with Crippen molar-refractivity contribution in [1.29, 1.82) is 0 Å². The Bertz CT molecular complexity index is 1390. The second-order valence-corrected chi connectivity index (χ2v) is 11.4. The number of anilines is 2. The number of alkyl halides is 1. The number of carbonyl (C=O) groups is 1. The van der Waals surface area contributed by atoms with Gasteiger partial charge in [0.1, 0.15) is 24.0 Å². The van der Waals surface area contributed by atoms with Crippen LogP contribution in [0.5, 0.6) is 5.75 Å². The zero-order valence-electron chi connectivity index (χ0n) is 22.5. The highest BCUT2D eigenvalue weighted by Crippen LogP contribution is 2.48. The molecule has 1 saturated heterocycles. The molecule has 3 aromatic rings. The number of aliphatic hydroxyl groups excluding tert-OH is 1. The quantitative estimate of drug-likeness (QED) is 0.229. The van der Waals surface area contributed by atoms with Gasteiger partial charge in [0.25, 0.3) is 0 Å². The highest BCUT2D eigenvalue weighted by Gasteiger charge is 2.56. The van der Waals surface area contributed by atoms with E-state index >= 15 is 4.39 Å². The Balaban J connectivity index is 1.59. The van der Waals surface area contributed by atoms with Crippen LogP contribution in [0.3, 0.4) is 0 Å². The van der Waals surface area contributed by atoms with Crippen molar-refractivity contribution in [2.45, 2.75) is 57.3 Å². The van der Waals surface area contributed by atoms with Crippen molar-refractivity contribution < 1.29 is 37.7 Å². The van der Waals surface area contributed by atoms with Gasteiger partial charge in [0.15, 0.2) is 28.9 Å². The molecule has 1 unspecified atom stereocenters. The molecule has 1 aliphatic heterocycles. The second-order valence-electron chi connectivity index (χ2n) is 9.66. The molecule has 0 amide bonds. The van der Waals surface area contributed by atoms with E-state index in [1.165, 1.54) is 30.0 Å². The molecule has 5 N–H and O–H groups in total. The standard InChI is InChI=1S/C24H33FN7O7P/c1-5-11-31(4)19-17-20(29-23(26)28-19)32(13-27-17)22-24(3,25)18(33)16(38-22)12-37-40(36,30-14(2)21(34)35)39-15-9-7-6-8-10-15/h6-10,13-14,16,18,22,33H,5,11-12H2,1-4H3,(H,30,36)(H,34,35)(H2,26,28,29)/t14-,16+,18+,22+,24+,40?/m0/s1. The zero-order valence-corrected chi connectivity index (χ0v) is 23.4. The first kappa shape index (κ1) is 29.6. The van der Waals surface area contributed by atoms with Gasteiger partial charge in [0.2, 0.25) is 5.95 Å². The number of fused-ring (bicyclic) bond motifs is 1. The van der Waals surface area contributed by atoms with Gasteiger partial charge in [-0.15, -0.1) is 0 Å². The van der Waals surface area contributed by atoms with Crippen molar-refractivity contribution >= 4 is 36.6 Å². The summed E-state index contributed by atoms with van der Waals surface area (Å²) in [6.07, 6.45) is -2.32. The van der Waals surface area contributed by atoms with E-state index in [0.29, 0.717) is 17.9 Å². The Morgan fingerprint density at radius 2 is 2.08 bits per heavy atom. The molecule has 16 heteroatoms. The second kappa shape index (κ2) is 11.6. The molecule has 3 heterocycles. The molecule has 0 radical (unpaired) electrons. The van der Waals surface area contributed by atoms with Gasteiger partial charge in [-0.2, -0.15) is 15.1 Å². The third-order valence-electron chi connectivity index (χ3n) is 6.41. The number of imidazole rings is 1. The summed E-state index contributed by atoms with van der Waals surface area (Å²) in [5, 5.41) is 22.5. The van der Waals surface area contributed by atoms with Crippen molar-refractivity contribution in [2.75, 3.05) is 30.8 Å². The van der Waals surface area contributed by atoms with Gasteiger partial charge in [-0.25, -0.2) is 13.9 Å². The van der Waals surface area contributed by atoms with Crippen LogP contribution >= 0.6 is 7.75 Å². The van der Waals surface area contributed by atoms with E-state index < -0.39 is 50.5 Å². The van der Waals surface area contributed by atoms with Crippen LogP contribution in [0.15, 0.2) is 36.7 Å². The molecule has 1 aliphatic rings. The number of carboxylic acid groups (broad SMARTS) is 1. The predicted octanol–water partition coefficient (Wildman–Crippen LogP) is 2.51. The van der Waals surface area contributed by atoms with Crippen molar-refractivity contribution in [3.63, 3.8) is 0 Å². The van der Waals surface area contributed by atoms with Gasteiger partial charge in [-0.05, 0) is 32.4 Å². The lowest BCUT2D eigenvalue weighted by molar-refractivity contribution is -0.138. The van der Waals surface area contributed by atoms with Crippen molar-refractivity contribution in [3.8, 4) is 5.75 Å². The Morgan fingerprint density at radius 3 is 2.73 bits per heavy atom. The minimum absolute atomic E-state index is 0.0520. The molecule has 6 atom stereocenters. The number of halogens is 1. The number of carboxylic acids is 1. The number of aliphatic hydroxyl groups is 1. The van der Waals surface area contributed by atoms with Gasteiger partial charge in [-0.3, -0.25) is 13.9 Å². The molecule has 0 saturated carbocycles. The highest BCUT2D eigenvalue weighted by atomic mass is 31.2. The molecule has 2 aromatic heterocycles. The molecular formula is C24H33FN7O7P. The first-order chi connectivity index (χ1) is 18.9. The summed E-state index contributed by atoms with van der Waals surface area (Å²) >= 11 is 0. The molecule has 1 fully saturated rings. The normalized spacial score (nSPS) is 25.0. The average molecular weight is 582 g/mol. The number of nitrogen functional groups attached to an aromatic ring is 1. The van der Waals surface area contributed by atoms with E-state index in [0.717, 1.165) is 13.3 Å². The van der Waals surface area contributed by atoms with Gasteiger partial charge < -0.3 is 30.1 Å². The molecular weight excluding hydrogens is 548 g/mol. The fraction of sp³-hybridized carbons (Fsp3) is 0.500. The number of para-hydroxylation sites is 1.